The van der Waals surface area contributed by atoms with E-state index < -0.39 is 0 Å². The lowest BCUT2D eigenvalue weighted by atomic mass is 10.3. The van der Waals surface area contributed by atoms with Crippen LogP contribution < -0.4 is 5.73 Å². The van der Waals surface area contributed by atoms with Gasteiger partial charge in [0.1, 0.15) is 0 Å². The van der Waals surface area contributed by atoms with Crippen LogP contribution >= 0.6 is 0 Å². The number of hydrogen-bond acceptors (Lipinski definition) is 2. The second kappa shape index (κ2) is 3.23. The summed E-state index contributed by atoms with van der Waals surface area (Å²) in [7, 11) is 0. The first-order valence-electron chi connectivity index (χ1n) is 2.07. The standard InChI is InChI=1S/C5H8N2/c1-5(7)3-2-4-6/h1-3,7H2. The third kappa shape index (κ3) is 5.03. The molecule has 0 aliphatic rings. The van der Waals surface area contributed by atoms with Gasteiger partial charge >= 0.3 is 0 Å². The number of rotatable bonds is 2. The summed E-state index contributed by atoms with van der Waals surface area (Å²) in [5, 5.41) is 7.97. The molecule has 2 N–H and O–H groups in total. The van der Waals surface area contributed by atoms with Crippen LogP contribution in [0.15, 0.2) is 12.3 Å². The number of hydrogen-bond donors (Lipinski definition) is 1. The van der Waals surface area contributed by atoms with Gasteiger partial charge in [-0.15, -0.1) is 0 Å². The minimum absolute atomic E-state index is 0.481. The third-order valence-electron chi connectivity index (χ3n) is 0.558. The van der Waals surface area contributed by atoms with Crippen LogP contribution in [-0.4, -0.2) is 0 Å². The van der Waals surface area contributed by atoms with Crippen LogP contribution in [0.1, 0.15) is 12.8 Å². The van der Waals surface area contributed by atoms with Gasteiger partial charge in [0.05, 0.1) is 6.07 Å². The molecule has 0 saturated heterocycles. The molecule has 0 heterocycles. The highest BCUT2D eigenvalue weighted by Crippen LogP contribution is 1.90. The van der Waals surface area contributed by atoms with Gasteiger partial charge < -0.3 is 5.73 Å². The highest BCUT2D eigenvalue weighted by Gasteiger charge is 1.81. The number of nitriles is 1. The van der Waals surface area contributed by atoms with Gasteiger partial charge in [0.25, 0.3) is 0 Å². The third-order valence-corrected chi connectivity index (χ3v) is 0.558. The topological polar surface area (TPSA) is 49.8 Å². The molecule has 0 atom stereocenters. The number of nitrogens with two attached hydrogens (primary N) is 1. The van der Waals surface area contributed by atoms with Gasteiger partial charge in [0.2, 0.25) is 0 Å². The predicted molar refractivity (Wildman–Crippen MR) is 28.2 cm³/mol. The fraction of sp³-hybridized carbons (Fsp3) is 0.400. The van der Waals surface area contributed by atoms with Crippen molar-refractivity contribution < 1.29 is 0 Å². The van der Waals surface area contributed by atoms with Gasteiger partial charge in [0, 0.05) is 12.1 Å². The molecule has 0 rings (SSSR count). The Kier molecular flexibility index (Phi) is 2.78. The molecule has 0 radical (unpaired) electrons. The van der Waals surface area contributed by atoms with Gasteiger partial charge in [-0.25, -0.2) is 0 Å². The maximum Gasteiger partial charge on any atom is 0.0625 e. The summed E-state index contributed by atoms with van der Waals surface area (Å²) in [6, 6.07) is 1.96. The van der Waals surface area contributed by atoms with E-state index in [0.717, 1.165) is 0 Å². The molecule has 0 aliphatic heterocycles. The SMILES string of the molecule is C=C(N)CCC#N. The first-order valence-corrected chi connectivity index (χ1v) is 2.07. The summed E-state index contributed by atoms with van der Waals surface area (Å²) < 4.78 is 0. The first kappa shape index (κ1) is 6.03. The average Bonchev–Trinajstić information content (AvgIpc) is 1.61. The van der Waals surface area contributed by atoms with Crippen LogP contribution in [0.3, 0.4) is 0 Å². The van der Waals surface area contributed by atoms with Gasteiger partial charge in [-0.05, 0) is 6.42 Å². The monoisotopic (exact) mass is 96.1 g/mol. The molecule has 2 nitrogen and oxygen atoms in total. The number of allylic oxidation sites excluding steroid dienone is 1. The molecule has 0 fully saturated rings. The molecule has 7 heavy (non-hydrogen) atoms. The summed E-state index contributed by atoms with van der Waals surface area (Å²) in [5.41, 5.74) is 5.72. The fourth-order valence-electron chi connectivity index (χ4n) is 0.216. The van der Waals surface area contributed by atoms with E-state index >= 15 is 0 Å². The van der Waals surface area contributed by atoms with Crippen molar-refractivity contribution >= 4 is 0 Å². The minimum atomic E-state index is 0.481. The summed E-state index contributed by atoms with van der Waals surface area (Å²) in [6.45, 7) is 3.42. The van der Waals surface area contributed by atoms with Gasteiger partial charge in [-0.1, -0.05) is 6.58 Å². The Morgan fingerprint density at radius 3 is 2.57 bits per heavy atom. The molecule has 0 aromatic rings. The lowest BCUT2D eigenvalue weighted by Crippen LogP contribution is -1.92. The molecule has 0 saturated carbocycles. The Bertz CT molecular complexity index is 99.1. The van der Waals surface area contributed by atoms with Crippen molar-refractivity contribution in [3.05, 3.63) is 12.3 Å². The van der Waals surface area contributed by atoms with Crippen molar-refractivity contribution in [3.8, 4) is 6.07 Å². The fourth-order valence-corrected chi connectivity index (χ4v) is 0.216. The molecule has 0 unspecified atom stereocenters. The highest BCUT2D eigenvalue weighted by molar-refractivity contribution is 4.89. The van der Waals surface area contributed by atoms with Gasteiger partial charge in [-0.3, -0.25) is 0 Å². The molecule has 0 aromatic carbocycles. The van der Waals surface area contributed by atoms with Crippen molar-refractivity contribution in [2.75, 3.05) is 0 Å². The molecule has 0 aromatic heterocycles. The summed E-state index contributed by atoms with van der Waals surface area (Å²) in [6.07, 6.45) is 1.10. The van der Waals surface area contributed by atoms with Crippen molar-refractivity contribution in [1.29, 1.82) is 5.26 Å². The van der Waals surface area contributed by atoms with E-state index in [-0.39, 0.29) is 0 Å². The van der Waals surface area contributed by atoms with E-state index in [1.165, 1.54) is 0 Å². The number of nitrogens with zero attached hydrogens (tertiary/aromatic N) is 1. The lowest BCUT2D eigenvalue weighted by molar-refractivity contribution is 0.975. The zero-order valence-electron chi connectivity index (χ0n) is 4.15. The van der Waals surface area contributed by atoms with Gasteiger partial charge in [0.15, 0.2) is 0 Å². The Morgan fingerprint density at radius 1 is 1.86 bits per heavy atom. The molecule has 0 bridgehead atoms. The molecular formula is C5H8N2. The summed E-state index contributed by atoms with van der Waals surface area (Å²) >= 11 is 0. The molecule has 0 spiro atoms. The van der Waals surface area contributed by atoms with E-state index in [4.69, 9.17) is 11.0 Å². The smallest absolute Gasteiger partial charge is 0.0625 e. The maximum absolute atomic E-state index is 7.97. The zero-order chi connectivity index (χ0) is 5.70. The van der Waals surface area contributed by atoms with E-state index in [9.17, 15) is 0 Å². The van der Waals surface area contributed by atoms with Crippen LogP contribution in [0.2, 0.25) is 0 Å². The molecule has 38 valence electrons. The van der Waals surface area contributed by atoms with Gasteiger partial charge in [-0.2, -0.15) is 5.26 Å². The summed E-state index contributed by atoms with van der Waals surface area (Å²) in [4.78, 5) is 0. The zero-order valence-corrected chi connectivity index (χ0v) is 4.15. The first-order chi connectivity index (χ1) is 3.27. The quantitative estimate of drug-likeness (QED) is 0.551. The largest absolute Gasteiger partial charge is 0.402 e. The van der Waals surface area contributed by atoms with Crippen LogP contribution in [-0.2, 0) is 0 Å². The van der Waals surface area contributed by atoms with Crippen molar-refractivity contribution in [2.24, 2.45) is 5.73 Å². The van der Waals surface area contributed by atoms with Crippen molar-refractivity contribution in [3.63, 3.8) is 0 Å². The lowest BCUT2D eigenvalue weighted by Gasteiger charge is -1.86. The molecule has 0 aliphatic carbocycles. The minimum Gasteiger partial charge on any atom is -0.402 e. The predicted octanol–water partition coefficient (Wildman–Crippen LogP) is 0.763. The van der Waals surface area contributed by atoms with E-state index in [2.05, 4.69) is 6.58 Å². The Morgan fingerprint density at radius 2 is 2.43 bits per heavy atom. The Labute approximate surface area is 43.2 Å². The normalized spacial score (nSPS) is 7.29. The van der Waals surface area contributed by atoms with Crippen LogP contribution in [0.5, 0.6) is 0 Å². The second-order valence-electron chi connectivity index (χ2n) is 1.32. The Hall–Kier alpha value is -0.970. The average molecular weight is 96.1 g/mol. The van der Waals surface area contributed by atoms with E-state index in [1.54, 1.807) is 0 Å². The molecular weight excluding hydrogens is 88.1 g/mol. The highest BCUT2D eigenvalue weighted by atomic mass is 14.5. The summed E-state index contributed by atoms with van der Waals surface area (Å²) in [5.74, 6) is 0. The van der Waals surface area contributed by atoms with Crippen LogP contribution in [0, 0.1) is 11.3 Å². The van der Waals surface area contributed by atoms with Crippen LogP contribution in [0.25, 0.3) is 0 Å². The van der Waals surface area contributed by atoms with E-state index in [1.807, 2.05) is 6.07 Å². The van der Waals surface area contributed by atoms with Crippen molar-refractivity contribution in [1.82, 2.24) is 0 Å². The molecule has 0 amide bonds. The molecule has 2 heteroatoms. The maximum atomic E-state index is 7.97. The second-order valence-corrected chi connectivity index (χ2v) is 1.32. The van der Waals surface area contributed by atoms with Crippen LogP contribution in [0.4, 0.5) is 0 Å². The van der Waals surface area contributed by atoms with Crippen molar-refractivity contribution in [2.45, 2.75) is 12.8 Å². The Balaban J connectivity index is 3.02. The van der Waals surface area contributed by atoms with E-state index in [0.29, 0.717) is 18.5 Å².